The fourth-order valence-electron chi connectivity index (χ4n) is 2.81. The van der Waals surface area contributed by atoms with Gasteiger partial charge in [0.05, 0.1) is 16.6 Å². The van der Waals surface area contributed by atoms with Crippen molar-refractivity contribution < 1.29 is 14.6 Å². The predicted molar refractivity (Wildman–Crippen MR) is 70.6 cm³/mol. The number of carbonyl (C=O) groups is 1. The number of aromatic amines is 1. The number of fused-ring (bicyclic) bond motifs is 1. The van der Waals surface area contributed by atoms with Crippen molar-refractivity contribution in [2.24, 2.45) is 0 Å². The lowest BCUT2D eigenvalue weighted by Gasteiger charge is -2.24. The minimum Gasteiger partial charge on any atom is -0.478 e. The number of imidazole rings is 1. The molecule has 2 aromatic rings. The van der Waals surface area contributed by atoms with Gasteiger partial charge in [-0.3, -0.25) is 0 Å². The molecule has 2 heterocycles. The monoisotopic (exact) mass is 260 g/mol. The lowest BCUT2D eigenvalue weighted by molar-refractivity contribution is 0.0685. The van der Waals surface area contributed by atoms with Crippen LogP contribution in [-0.2, 0) is 4.74 Å². The first-order chi connectivity index (χ1) is 9.16. The number of ether oxygens (including phenoxy) is 1. The van der Waals surface area contributed by atoms with Gasteiger partial charge in [-0.1, -0.05) is 0 Å². The number of nitrogens with zero attached hydrogens (tertiary/aromatic N) is 1. The number of aromatic carboxylic acids is 1. The highest BCUT2D eigenvalue weighted by Crippen LogP contribution is 2.34. The maximum Gasteiger partial charge on any atom is 0.336 e. The molecule has 5 heteroatoms. The second-order valence-corrected chi connectivity index (χ2v) is 4.94. The summed E-state index contributed by atoms with van der Waals surface area (Å²) in [6, 6.07) is 3.47. The summed E-state index contributed by atoms with van der Waals surface area (Å²) < 4.78 is 5.36. The van der Waals surface area contributed by atoms with Crippen molar-refractivity contribution in [2.45, 2.75) is 25.7 Å². The van der Waals surface area contributed by atoms with Crippen molar-refractivity contribution in [1.82, 2.24) is 9.97 Å². The normalized spacial score (nSPS) is 16.9. The molecule has 0 saturated carbocycles. The molecule has 1 saturated heterocycles. The standard InChI is InChI=1S/C14H16N2O3/c1-8-15-11-3-2-10(14(17)18)12(13(11)16-8)9-4-6-19-7-5-9/h2-3,9H,4-7H2,1H3,(H,15,16)(H,17,18). The second-order valence-electron chi connectivity index (χ2n) is 4.94. The first kappa shape index (κ1) is 12.2. The molecule has 5 nitrogen and oxygen atoms in total. The van der Waals surface area contributed by atoms with E-state index >= 15 is 0 Å². The van der Waals surface area contributed by atoms with Gasteiger partial charge in [-0.25, -0.2) is 9.78 Å². The number of carboxylic acid groups (broad SMARTS) is 1. The fraction of sp³-hybridized carbons (Fsp3) is 0.429. The lowest BCUT2D eigenvalue weighted by atomic mass is 9.87. The highest BCUT2D eigenvalue weighted by Gasteiger charge is 2.25. The molecule has 0 bridgehead atoms. The number of rotatable bonds is 2. The summed E-state index contributed by atoms with van der Waals surface area (Å²) in [7, 11) is 0. The minimum atomic E-state index is -0.885. The zero-order valence-electron chi connectivity index (χ0n) is 10.8. The highest BCUT2D eigenvalue weighted by atomic mass is 16.5. The van der Waals surface area contributed by atoms with Gasteiger partial charge in [0, 0.05) is 13.2 Å². The summed E-state index contributed by atoms with van der Waals surface area (Å²) in [5.74, 6) is 0.140. The molecule has 0 radical (unpaired) electrons. The smallest absolute Gasteiger partial charge is 0.336 e. The van der Waals surface area contributed by atoms with Gasteiger partial charge in [0.25, 0.3) is 0 Å². The molecule has 1 fully saturated rings. The van der Waals surface area contributed by atoms with Crippen molar-refractivity contribution in [2.75, 3.05) is 13.2 Å². The molecule has 1 aromatic carbocycles. The summed E-state index contributed by atoms with van der Waals surface area (Å²) in [6.07, 6.45) is 1.70. The molecule has 3 rings (SSSR count). The van der Waals surface area contributed by atoms with Crippen LogP contribution in [0.1, 0.15) is 40.5 Å². The first-order valence-electron chi connectivity index (χ1n) is 6.47. The highest BCUT2D eigenvalue weighted by molar-refractivity contribution is 5.96. The van der Waals surface area contributed by atoms with E-state index in [1.807, 2.05) is 6.92 Å². The maximum absolute atomic E-state index is 11.4. The molecule has 0 amide bonds. The van der Waals surface area contributed by atoms with E-state index < -0.39 is 5.97 Å². The second kappa shape index (κ2) is 4.66. The Bertz CT molecular complexity index is 627. The van der Waals surface area contributed by atoms with Crippen LogP contribution in [0.3, 0.4) is 0 Å². The van der Waals surface area contributed by atoms with E-state index in [-0.39, 0.29) is 5.92 Å². The van der Waals surface area contributed by atoms with Gasteiger partial charge in [-0.2, -0.15) is 0 Å². The largest absolute Gasteiger partial charge is 0.478 e. The average molecular weight is 260 g/mol. The molecular weight excluding hydrogens is 244 g/mol. The zero-order valence-corrected chi connectivity index (χ0v) is 10.8. The predicted octanol–water partition coefficient (Wildman–Crippen LogP) is 2.46. The van der Waals surface area contributed by atoms with Gasteiger partial charge in [0.15, 0.2) is 0 Å². The van der Waals surface area contributed by atoms with E-state index in [2.05, 4.69) is 9.97 Å². The Labute approximate surface area is 110 Å². The van der Waals surface area contributed by atoms with Crippen LogP contribution in [0, 0.1) is 6.92 Å². The van der Waals surface area contributed by atoms with E-state index in [0.29, 0.717) is 18.8 Å². The Morgan fingerprint density at radius 2 is 2.16 bits per heavy atom. The molecule has 0 atom stereocenters. The molecular formula is C14H16N2O3. The Morgan fingerprint density at radius 3 is 2.84 bits per heavy atom. The summed E-state index contributed by atoms with van der Waals surface area (Å²) in [6.45, 7) is 3.25. The number of H-pyrrole nitrogens is 1. The van der Waals surface area contributed by atoms with Crippen molar-refractivity contribution in [3.63, 3.8) is 0 Å². The zero-order chi connectivity index (χ0) is 13.4. The number of benzene rings is 1. The number of hydrogen-bond acceptors (Lipinski definition) is 3. The Morgan fingerprint density at radius 1 is 1.42 bits per heavy atom. The van der Waals surface area contributed by atoms with E-state index in [9.17, 15) is 9.90 Å². The first-order valence-corrected chi connectivity index (χ1v) is 6.47. The van der Waals surface area contributed by atoms with Gasteiger partial charge in [0.2, 0.25) is 0 Å². The van der Waals surface area contributed by atoms with E-state index in [4.69, 9.17) is 4.74 Å². The van der Waals surface area contributed by atoms with Gasteiger partial charge < -0.3 is 14.8 Å². The SMILES string of the molecule is Cc1nc2c(C3CCOCC3)c(C(=O)O)ccc2[nH]1. The minimum absolute atomic E-state index is 0.214. The van der Waals surface area contributed by atoms with Crippen LogP contribution in [0.5, 0.6) is 0 Å². The van der Waals surface area contributed by atoms with Crippen LogP contribution < -0.4 is 0 Å². The third-order valence-corrected chi connectivity index (χ3v) is 3.67. The number of aromatic nitrogens is 2. The van der Waals surface area contributed by atoms with Crippen LogP contribution in [-0.4, -0.2) is 34.3 Å². The third kappa shape index (κ3) is 2.10. The summed E-state index contributed by atoms with van der Waals surface area (Å²) >= 11 is 0. The van der Waals surface area contributed by atoms with E-state index in [1.165, 1.54) is 0 Å². The molecule has 100 valence electrons. The van der Waals surface area contributed by atoms with Gasteiger partial charge >= 0.3 is 5.97 Å². The lowest BCUT2D eigenvalue weighted by Crippen LogP contribution is -2.17. The van der Waals surface area contributed by atoms with Crippen molar-refractivity contribution in [1.29, 1.82) is 0 Å². The summed E-state index contributed by atoms with van der Waals surface area (Å²) in [5, 5.41) is 9.39. The fourth-order valence-corrected chi connectivity index (χ4v) is 2.81. The Kier molecular flexibility index (Phi) is 2.98. The van der Waals surface area contributed by atoms with Gasteiger partial charge in [0.1, 0.15) is 5.82 Å². The van der Waals surface area contributed by atoms with Gasteiger partial charge in [-0.15, -0.1) is 0 Å². The summed E-state index contributed by atoms with van der Waals surface area (Å²) in [4.78, 5) is 19.1. The number of aryl methyl sites for hydroxylation is 1. The van der Waals surface area contributed by atoms with Crippen molar-refractivity contribution >= 4 is 17.0 Å². The van der Waals surface area contributed by atoms with Gasteiger partial charge in [-0.05, 0) is 43.4 Å². The molecule has 1 aliphatic rings. The molecule has 0 spiro atoms. The number of nitrogens with one attached hydrogen (secondary N) is 1. The topological polar surface area (TPSA) is 75.2 Å². The molecule has 2 N–H and O–H groups in total. The quantitative estimate of drug-likeness (QED) is 0.869. The van der Waals surface area contributed by atoms with Crippen LogP contribution in [0.4, 0.5) is 0 Å². The van der Waals surface area contributed by atoms with Crippen molar-refractivity contribution in [3.8, 4) is 0 Å². The molecule has 0 unspecified atom stereocenters. The number of hydrogen-bond donors (Lipinski definition) is 2. The maximum atomic E-state index is 11.4. The molecule has 1 aliphatic heterocycles. The molecule has 19 heavy (non-hydrogen) atoms. The van der Waals surface area contributed by atoms with Crippen LogP contribution >= 0.6 is 0 Å². The van der Waals surface area contributed by atoms with E-state index in [0.717, 1.165) is 35.3 Å². The molecule has 1 aromatic heterocycles. The number of carboxylic acids is 1. The van der Waals surface area contributed by atoms with Crippen LogP contribution in [0.25, 0.3) is 11.0 Å². The Balaban J connectivity index is 2.21. The third-order valence-electron chi connectivity index (χ3n) is 3.67. The summed E-state index contributed by atoms with van der Waals surface area (Å²) in [5.41, 5.74) is 2.93. The van der Waals surface area contributed by atoms with Crippen LogP contribution in [0.2, 0.25) is 0 Å². The van der Waals surface area contributed by atoms with Crippen LogP contribution in [0.15, 0.2) is 12.1 Å². The Hall–Kier alpha value is -1.88. The van der Waals surface area contributed by atoms with E-state index in [1.54, 1.807) is 12.1 Å². The molecule has 0 aliphatic carbocycles. The average Bonchev–Trinajstić information content (AvgIpc) is 2.78. The van der Waals surface area contributed by atoms with Crippen molar-refractivity contribution in [3.05, 3.63) is 29.1 Å².